The molecule has 3 aromatic rings. The molecule has 6 heteroatoms. The number of phenols is 1. The molecule has 2 atom stereocenters. The molecule has 0 amide bonds. The van der Waals surface area contributed by atoms with E-state index in [1.54, 1.807) is 13.2 Å². The third-order valence-corrected chi connectivity index (χ3v) is 6.40. The van der Waals surface area contributed by atoms with Crippen molar-refractivity contribution in [1.82, 2.24) is 5.32 Å². The summed E-state index contributed by atoms with van der Waals surface area (Å²) in [5, 5.41) is 14.1. The van der Waals surface area contributed by atoms with Crippen molar-refractivity contribution < 1.29 is 9.84 Å². The number of aryl methyl sites for hydroxylation is 1. The maximum absolute atomic E-state index is 10.5. The van der Waals surface area contributed by atoms with Crippen molar-refractivity contribution >= 4 is 37.6 Å². The first-order valence-electron chi connectivity index (χ1n) is 9.66. The molecule has 0 spiro atoms. The summed E-state index contributed by atoms with van der Waals surface area (Å²) in [5.74, 6) is 1.05. The number of aromatic hydroxyl groups is 1. The van der Waals surface area contributed by atoms with Crippen LogP contribution < -0.4 is 10.1 Å². The predicted octanol–water partition coefficient (Wildman–Crippen LogP) is 6.46. The number of rotatable bonds is 4. The van der Waals surface area contributed by atoms with Crippen LogP contribution in [-0.4, -0.2) is 17.9 Å². The summed E-state index contributed by atoms with van der Waals surface area (Å²) in [4.78, 5) is 5.03. The number of hydrogen-bond donors (Lipinski definition) is 2. The van der Waals surface area contributed by atoms with Gasteiger partial charge in [0.2, 0.25) is 0 Å². The Morgan fingerprint density at radius 1 is 1.03 bits per heavy atom. The van der Waals surface area contributed by atoms with Crippen LogP contribution in [0.3, 0.4) is 0 Å². The lowest BCUT2D eigenvalue weighted by Gasteiger charge is -2.31. The van der Waals surface area contributed by atoms with Crippen LogP contribution in [0.1, 0.15) is 40.9 Å². The number of methoxy groups -OCH3 is 1. The second-order valence-corrected chi connectivity index (χ2v) is 9.13. The Balaban J connectivity index is 1.77. The van der Waals surface area contributed by atoms with Crippen LogP contribution >= 0.6 is 31.9 Å². The van der Waals surface area contributed by atoms with Gasteiger partial charge in [-0.3, -0.25) is 10.3 Å². The highest BCUT2D eigenvalue weighted by molar-refractivity contribution is 9.10. The quantitative estimate of drug-likeness (QED) is 0.408. The van der Waals surface area contributed by atoms with Crippen LogP contribution in [0.5, 0.6) is 11.5 Å². The molecule has 3 aromatic carbocycles. The molecule has 0 unspecified atom stereocenters. The van der Waals surface area contributed by atoms with Crippen molar-refractivity contribution in [3.05, 3.63) is 91.9 Å². The molecule has 4 rings (SSSR count). The summed E-state index contributed by atoms with van der Waals surface area (Å²) >= 11 is 7.10. The molecule has 4 nitrogen and oxygen atoms in total. The van der Waals surface area contributed by atoms with Gasteiger partial charge in [-0.1, -0.05) is 51.8 Å². The molecule has 0 saturated carbocycles. The van der Waals surface area contributed by atoms with Gasteiger partial charge in [-0.15, -0.1) is 0 Å². The van der Waals surface area contributed by atoms with Gasteiger partial charge >= 0.3 is 0 Å². The minimum Gasteiger partial charge on any atom is -0.508 e. The molecule has 154 valence electrons. The fraction of sp³-hybridized carbons (Fsp3) is 0.208. The first-order chi connectivity index (χ1) is 14.4. The van der Waals surface area contributed by atoms with Crippen LogP contribution in [0.25, 0.3) is 0 Å². The highest BCUT2D eigenvalue weighted by Gasteiger charge is 2.28. The van der Waals surface area contributed by atoms with Gasteiger partial charge in [0, 0.05) is 28.2 Å². The van der Waals surface area contributed by atoms with Gasteiger partial charge in [0.15, 0.2) is 0 Å². The van der Waals surface area contributed by atoms with E-state index >= 15 is 0 Å². The van der Waals surface area contributed by atoms with E-state index in [0.717, 1.165) is 37.1 Å². The maximum atomic E-state index is 10.5. The number of aliphatic imine (C=N–C) groups is 1. The Morgan fingerprint density at radius 2 is 1.80 bits per heavy atom. The van der Waals surface area contributed by atoms with Gasteiger partial charge in [0.1, 0.15) is 17.7 Å². The summed E-state index contributed by atoms with van der Waals surface area (Å²) in [6.07, 6.45) is 0.432. The minimum absolute atomic E-state index is 0.0813. The van der Waals surface area contributed by atoms with Crippen molar-refractivity contribution in [1.29, 1.82) is 0 Å². The standard InChI is InChI=1S/C24H22Br2N2O2/c1-14-3-5-15(6-4-14)20-13-21(18-12-17(25)8-9-22(18)29)28-24(27-20)16-7-10-23(30-2)19(26)11-16/h3-12,21,24,28-29H,13H2,1-2H3/t21-,24-/m0/s1. The van der Waals surface area contributed by atoms with Crippen molar-refractivity contribution in [3.63, 3.8) is 0 Å². The van der Waals surface area contributed by atoms with E-state index in [-0.39, 0.29) is 18.0 Å². The molecule has 0 aliphatic carbocycles. The second kappa shape index (κ2) is 8.92. The molecule has 0 fully saturated rings. The molecule has 1 aliphatic rings. The largest absolute Gasteiger partial charge is 0.508 e. The van der Waals surface area contributed by atoms with Gasteiger partial charge in [-0.05, 0) is 64.3 Å². The third-order valence-electron chi connectivity index (χ3n) is 5.28. The number of nitrogens with one attached hydrogen (secondary N) is 1. The van der Waals surface area contributed by atoms with Gasteiger partial charge in [0.05, 0.1) is 11.6 Å². The molecule has 30 heavy (non-hydrogen) atoms. The summed E-state index contributed by atoms with van der Waals surface area (Å²) in [5.41, 5.74) is 5.19. The number of hydrogen-bond acceptors (Lipinski definition) is 4. The molecule has 2 N–H and O–H groups in total. The van der Waals surface area contributed by atoms with Gasteiger partial charge < -0.3 is 9.84 Å². The van der Waals surface area contributed by atoms with E-state index < -0.39 is 0 Å². The molecule has 0 saturated heterocycles. The van der Waals surface area contributed by atoms with E-state index in [9.17, 15) is 5.11 Å². The smallest absolute Gasteiger partial charge is 0.133 e. The summed E-state index contributed by atoms with van der Waals surface area (Å²) < 4.78 is 7.18. The highest BCUT2D eigenvalue weighted by Crippen LogP contribution is 2.37. The fourth-order valence-electron chi connectivity index (χ4n) is 3.65. The number of benzene rings is 3. The lowest BCUT2D eigenvalue weighted by Crippen LogP contribution is -2.33. The number of halogens is 2. The summed E-state index contributed by atoms with van der Waals surface area (Å²) in [6.45, 7) is 2.08. The van der Waals surface area contributed by atoms with E-state index in [4.69, 9.17) is 9.73 Å². The first-order valence-corrected chi connectivity index (χ1v) is 11.2. The molecule has 0 radical (unpaired) electrons. The Labute approximate surface area is 193 Å². The molecule has 0 bridgehead atoms. The van der Waals surface area contributed by atoms with Crippen molar-refractivity contribution in [2.45, 2.75) is 25.6 Å². The molecular weight excluding hydrogens is 508 g/mol. The monoisotopic (exact) mass is 528 g/mol. The average molecular weight is 530 g/mol. The maximum Gasteiger partial charge on any atom is 0.133 e. The van der Waals surface area contributed by atoms with Crippen LogP contribution in [0.15, 0.2) is 74.6 Å². The molecule has 1 aliphatic heterocycles. The normalized spacial score (nSPS) is 18.7. The zero-order chi connectivity index (χ0) is 21.3. The molecule has 1 heterocycles. The van der Waals surface area contributed by atoms with E-state index in [0.29, 0.717) is 6.42 Å². The van der Waals surface area contributed by atoms with Gasteiger partial charge in [0.25, 0.3) is 0 Å². The van der Waals surface area contributed by atoms with Crippen LogP contribution in [0.4, 0.5) is 0 Å². The lowest BCUT2D eigenvalue weighted by atomic mass is 9.93. The minimum atomic E-state index is -0.249. The second-order valence-electron chi connectivity index (χ2n) is 7.36. The van der Waals surface area contributed by atoms with Gasteiger partial charge in [-0.25, -0.2) is 0 Å². The Bertz CT molecular complexity index is 1100. The lowest BCUT2D eigenvalue weighted by molar-refractivity contribution is 0.406. The first kappa shape index (κ1) is 21.1. The van der Waals surface area contributed by atoms with Crippen LogP contribution in [0.2, 0.25) is 0 Å². The molecular formula is C24H22Br2N2O2. The third kappa shape index (κ3) is 4.46. The van der Waals surface area contributed by atoms with Crippen LogP contribution in [-0.2, 0) is 0 Å². The zero-order valence-electron chi connectivity index (χ0n) is 16.7. The van der Waals surface area contributed by atoms with Gasteiger partial charge in [-0.2, -0.15) is 0 Å². The topological polar surface area (TPSA) is 53.9 Å². The van der Waals surface area contributed by atoms with Crippen molar-refractivity contribution in [2.24, 2.45) is 4.99 Å². The van der Waals surface area contributed by atoms with E-state index in [1.807, 2.05) is 30.3 Å². The zero-order valence-corrected chi connectivity index (χ0v) is 19.9. The molecule has 0 aromatic heterocycles. The number of ether oxygens (including phenoxy) is 1. The summed E-state index contributed by atoms with van der Waals surface area (Å²) in [6, 6.07) is 19.8. The van der Waals surface area contributed by atoms with E-state index in [2.05, 4.69) is 68.4 Å². The Hall–Kier alpha value is -2.15. The average Bonchev–Trinajstić information content (AvgIpc) is 2.75. The SMILES string of the molecule is COc1ccc([C@H]2N=C(c3ccc(C)cc3)C[C@@H](c3cc(Br)ccc3O)N2)cc1Br. The Morgan fingerprint density at radius 3 is 2.50 bits per heavy atom. The number of nitrogens with zero attached hydrogens (tertiary/aromatic N) is 1. The Kier molecular flexibility index (Phi) is 6.27. The highest BCUT2D eigenvalue weighted by atomic mass is 79.9. The summed E-state index contributed by atoms with van der Waals surface area (Å²) in [7, 11) is 1.65. The number of phenolic OH excluding ortho intramolecular Hbond substituents is 1. The van der Waals surface area contributed by atoms with Crippen molar-refractivity contribution in [2.75, 3.05) is 7.11 Å². The van der Waals surface area contributed by atoms with E-state index in [1.165, 1.54) is 5.56 Å². The van der Waals surface area contributed by atoms with Crippen LogP contribution in [0, 0.1) is 6.92 Å². The fourth-order valence-corrected chi connectivity index (χ4v) is 4.59. The van der Waals surface area contributed by atoms with Crippen molar-refractivity contribution in [3.8, 4) is 11.5 Å². The predicted molar refractivity (Wildman–Crippen MR) is 127 cm³/mol.